The summed E-state index contributed by atoms with van der Waals surface area (Å²) < 4.78 is 0. The van der Waals surface area contributed by atoms with Crippen LogP contribution in [0.5, 0.6) is 0 Å². The summed E-state index contributed by atoms with van der Waals surface area (Å²) in [7, 11) is 1.97. The Morgan fingerprint density at radius 1 is 1.29 bits per heavy atom. The summed E-state index contributed by atoms with van der Waals surface area (Å²) >= 11 is 0. The van der Waals surface area contributed by atoms with E-state index in [1.54, 1.807) is 13.8 Å². The fourth-order valence-electron chi connectivity index (χ4n) is 2.96. The molecule has 0 aliphatic heterocycles. The summed E-state index contributed by atoms with van der Waals surface area (Å²) in [4.78, 5) is 13.4. The maximum atomic E-state index is 11.3. The highest BCUT2D eigenvalue weighted by atomic mass is 16.4. The van der Waals surface area contributed by atoms with Gasteiger partial charge in [-0.15, -0.1) is 0 Å². The lowest BCUT2D eigenvalue weighted by molar-refractivity contribution is -0.151. The summed E-state index contributed by atoms with van der Waals surface area (Å²) in [5.41, 5.74) is -0.769. The average molecular weight is 241 g/mol. The molecule has 17 heavy (non-hydrogen) atoms. The molecule has 0 bridgehead atoms. The van der Waals surface area contributed by atoms with E-state index in [4.69, 9.17) is 0 Å². The van der Waals surface area contributed by atoms with Gasteiger partial charge in [0.15, 0.2) is 0 Å². The molecule has 2 atom stereocenters. The standard InChI is InChI=1S/C14H27NO2/c1-10(2)11-8-6-7-9-12(11)15(5)14(3,4)13(16)17/h10-12H,6-9H2,1-5H3,(H,16,17). The van der Waals surface area contributed by atoms with Crippen molar-refractivity contribution in [1.29, 1.82) is 0 Å². The Morgan fingerprint density at radius 2 is 1.82 bits per heavy atom. The molecule has 0 aromatic rings. The second-order valence-electron chi connectivity index (χ2n) is 6.23. The van der Waals surface area contributed by atoms with Crippen molar-refractivity contribution in [3.63, 3.8) is 0 Å². The van der Waals surface area contributed by atoms with Gasteiger partial charge in [-0.05, 0) is 45.6 Å². The molecule has 1 fully saturated rings. The van der Waals surface area contributed by atoms with Crippen LogP contribution in [0.15, 0.2) is 0 Å². The minimum absolute atomic E-state index is 0.412. The summed E-state index contributed by atoms with van der Waals surface area (Å²) in [6.07, 6.45) is 4.90. The van der Waals surface area contributed by atoms with Gasteiger partial charge < -0.3 is 5.11 Å². The van der Waals surface area contributed by atoms with Gasteiger partial charge in [-0.1, -0.05) is 26.7 Å². The SMILES string of the molecule is CC(C)C1CCCCC1N(C)C(C)(C)C(=O)O. The number of carboxylic acids is 1. The van der Waals surface area contributed by atoms with E-state index in [2.05, 4.69) is 18.7 Å². The Labute approximate surface area is 105 Å². The van der Waals surface area contributed by atoms with Crippen LogP contribution < -0.4 is 0 Å². The van der Waals surface area contributed by atoms with Crippen LogP contribution in [0, 0.1) is 11.8 Å². The van der Waals surface area contributed by atoms with Gasteiger partial charge in [-0.25, -0.2) is 0 Å². The average Bonchev–Trinajstić information content (AvgIpc) is 2.27. The van der Waals surface area contributed by atoms with Crippen LogP contribution in [0.1, 0.15) is 53.4 Å². The molecule has 100 valence electrons. The molecule has 1 rings (SSSR count). The van der Waals surface area contributed by atoms with Crippen molar-refractivity contribution in [2.24, 2.45) is 11.8 Å². The monoisotopic (exact) mass is 241 g/mol. The minimum Gasteiger partial charge on any atom is -0.480 e. The third-order valence-corrected chi connectivity index (χ3v) is 4.54. The van der Waals surface area contributed by atoms with E-state index >= 15 is 0 Å². The molecule has 0 amide bonds. The van der Waals surface area contributed by atoms with E-state index in [-0.39, 0.29) is 0 Å². The van der Waals surface area contributed by atoms with Crippen LogP contribution in [0.3, 0.4) is 0 Å². The van der Waals surface area contributed by atoms with E-state index in [1.165, 1.54) is 19.3 Å². The van der Waals surface area contributed by atoms with E-state index < -0.39 is 11.5 Å². The maximum absolute atomic E-state index is 11.3. The van der Waals surface area contributed by atoms with Gasteiger partial charge in [0.25, 0.3) is 0 Å². The van der Waals surface area contributed by atoms with Gasteiger partial charge in [-0.3, -0.25) is 9.69 Å². The fraction of sp³-hybridized carbons (Fsp3) is 0.929. The van der Waals surface area contributed by atoms with E-state index in [9.17, 15) is 9.90 Å². The molecule has 1 N–H and O–H groups in total. The third kappa shape index (κ3) is 3.01. The second-order valence-corrected chi connectivity index (χ2v) is 6.23. The van der Waals surface area contributed by atoms with Crippen molar-refractivity contribution in [2.75, 3.05) is 7.05 Å². The molecule has 1 aliphatic carbocycles. The molecule has 0 heterocycles. The Balaban J connectivity index is 2.85. The Kier molecular flexibility index (Phi) is 4.59. The zero-order valence-corrected chi connectivity index (χ0v) is 11.9. The number of carboxylic acid groups (broad SMARTS) is 1. The van der Waals surface area contributed by atoms with Gasteiger partial charge in [0.05, 0.1) is 0 Å². The number of aliphatic carboxylic acids is 1. The predicted molar refractivity (Wildman–Crippen MR) is 70.1 cm³/mol. The molecule has 2 unspecified atom stereocenters. The number of nitrogens with zero attached hydrogens (tertiary/aromatic N) is 1. The van der Waals surface area contributed by atoms with Gasteiger partial charge in [0, 0.05) is 6.04 Å². The van der Waals surface area contributed by atoms with Crippen LogP contribution in [-0.4, -0.2) is 34.6 Å². The quantitative estimate of drug-likeness (QED) is 0.822. The number of hydrogen-bond acceptors (Lipinski definition) is 2. The Bertz CT molecular complexity index is 273. The molecule has 0 radical (unpaired) electrons. The van der Waals surface area contributed by atoms with Crippen molar-refractivity contribution in [1.82, 2.24) is 4.90 Å². The van der Waals surface area contributed by atoms with Crippen molar-refractivity contribution in [3.05, 3.63) is 0 Å². The Hall–Kier alpha value is -0.570. The lowest BCUT2D eigenvalue weighted by Gasteiger charge is -2.45. The first-order valence-corrected chi connectivity index (χ1v) is 6.74. The molecule has 3 heteroatoms. The van der Waals surface area contributed by atoms with E-state index in [0.717, 1.165) is 6.42 Å². The molecule has 0 aromatic carbocycles. The van der Waals surface area contributed by atoms with Crippen LogP contribution >= 0.6 is 0 Å². The molecular weight excluding hydrogens is 214 g/mol. The van der Waals surface area contributed by atoms with Gasteiger partial charge in [0.1, 0.15) is 5.54 Å². The maximum Gasteiger partial charge on any atom is 0.323 e. The topological polar surface area (TPSA) is 40.5 Å². The first-order chi connectivity index (χ1) is 7.78. The second kappa shape index (κ2) is 5.38. The van der Waals surface area contributed by atoms with Crippen LogP contribution in [0.25, 0.3) is 0 Å². The smallest absolute Gasteiger partial charge is 0.323 e. The highest BCUT2D eigenvalue weighted by Gasteiger charge is 2.40. The van der Waals surface area contributed by atoms with Gasteiger partial charge in [-0.2, -0.15) is 0 Å². The van der Waals surface area contributed by atoms with Crippen LogP contribution in [0.2, 0.25) is 0 Å². The third-order valence-electron chi connectivity index (χ3n) is 4.54. The largest absolute Gasteiger partial charge is 0.480 e. The lowest BCUT2D eigenvalue weighted by Crippen LogP contribution is -2.56. The number of likely N-dealkylation sites (N-methyl/N-ethyl adjacent to an activating group) is 1. The highest BCUT2D eigenvalue weighted by Crippen LogP contribution is 2.35. The number of carbonyl (C=O) groups is 1. The van der Waals surface area contributed by atoms with Crippen molar-refractivity contribution >= 4 is 5.97 Å². The molecule has 1 saturated carbocycles. The van der Waals surface area contributed by atoms with Crippen molar-refractivity contribution in [2.45, 2.75) is 65.0 Å². The zero-order chi connectivity index (χ0) is 13.2. The van der Waals surface area contributed by atoms with E-state index in [0.29, 0.717) is 17.9 Å². The van der Waals surface area contributed by atoms with Gasteiger partial charge in [0.2, 0.25) is 0 Å². The summed E-state index contributed by atoms with van der Waals surface area (Å²) in [5, 5.41) is 9.33. The Morgan fingerprint density at radius 3 is 2.29 bits per heavy atom. The van der Waals surface area contributed by atoms with Crippen molar-refractivity contribution in [3.8, 4) is 0 Å². The summed E-state index contributed by atoms with van der Waals surface area (Å²) in [6.45, 7) is 8.12. The molecule has 0 saturated heterocycles. The highest BCUT2D eigenvalue weighted by molar-refractivity contribution is 5.77. The summed E-state index contributed by atoms with van der Waals surface area (Å²) in [5.74, 6) is 0.535. The number of hydrogen-bond donors (Lipinski definition) is 1. The van der Waals surface area contributed by atoms with Crippen LogP contribution in [0.4, 0.5) is 0 Å². The van der Waals surface area contributed by atoms with Gasteiger partial charge >= 0.3 is 5.97 Å². The molecule has 0 spiro atoms. The summed E-state index contributed by atoms with van der Waals surface area (Å²) in [6, 6.07) is 0.412. The normalized spacial score (nSPS) is 26.5. The van der Waals surface area contributed by atoms with Crippen LogP contribution in [-0.2, 0) is 4.79 Å². The first kappa shape index (κ1) is 14.5. The van der Waals surface area contributed by atoms with E-state index in [1.807, 2.05) is 7.05 Å². The number of rotatable bonds is 4. The zero-order valence-electron chi connectivity index (χ0n) is 11.9. The fourth-order valence-corrected chi connectivity index (χ4v) is 2.96. The molecular formula is C14H27NO2. The minimum atomic E-state index is -0.769. The molecule has 0 aromatic heterocycles. The molecule has 1 aliphatic rings. The van der Waals surface area contributed by atoms with Crippen molar-refractivity contribution < 1.29 is 9.90 Å². The molecule has 3 nitrogen and oxygen atoms in total. The predicted octanol–water partition coefficient (Wildman–Crippen LogP) is 3.00. The lowest BCUT2D eigenvalue weighted by atomic mass is 9.76. The first-order valence-electron chi connectivity index (χ1n) is 6.74.